The maximum Gasteiger partial charge on any atom is -0.0195 e. The first-order valence-corrected chi connectivity index (χ1v) is 9.10. The summed E-state index contributed by atoms with van der Waals surface area (Å²) in [5, 5.41) is 0. The maximum absolute atomic E-state index is 4.50. The zero-order valence-electron chi connectivity index (χ0n) is 18.4. The highest BCUT2D eigenvalue weighted by Gasteiger charge is 2.00. The van der Waals surface area contributed by atoms with Gasteiger partial charge in [-0.25, -0.2) is 0 Å². The van der Waals surface area contributed by atoms with Crippen molar-refractivity contribution in [1.82, 2.24) is 0 Å². The topological polar surface area (TPSA) is 156 Å². The SMILES string of the molecule is CN.CN.CN.CN.CN.CN.[CH2]C(CCCC)CCCCCC. The Hall–Kier alpha value is -0.240. The summed E-state index contributed by atoms with van der Waals surface area (Å²) in [6.45, 7) is 8.69. The summed E-state index contributed by atoms with van der Waals surface area (Å²) in [5.41, 5.74) is 27.0. The molecular formula is C18H55N6. The van der Waals surface area contributed by atoms with Gasteiger partial charge in [-0.05, 0) is 48.2 Å². The van der Waals surface area contributed by atoms with Crippen LogP contribution in [0.5, 0.6) is 0 Å². The normalized spacial score (nSPS) is 8.12. The molecule has 0 saturated heterocycles. The van der Waals surface area contributed by atoms with Gasteiger partial charge in [0.25, 0.3) is 0 Å². The molecule has 1 atom stereocenters. The van der Waals surface area contributed by atoms with E-state index in [2.05, 4.69) is 55.2 Å². The standard InChI is InChI=1S/C12H25.6CH5N/c1-4-6-8-9-11-12(3)10-7-5-2;6*1-2/h12H,3-11H2,1-2H3;6*2H2,1H3. The number of hydrogen-bond donors (Lipinski definition) is 6. The van der Waals surface area contributed by atoms with Crippen molar-refractivity contribution in [3.8, 4) is 0 Å². The molecule has 0 rings (SSSR count). The molecule has 24 heavy (non-hydrogen) atoms. The van der Waals surface area contributed by atoms with E-state index in [0.29, 0.717) is 0 Å². The highest BCUT2D eigenvalue weighted by Crippen LogP contribution is 2.15. The van der Waals surface area contributed by atoms with Crippen molar-refractivity contribution in [3.05, 3.63) is 6.92 Å². The van der Waals surface area contributed by atoms with Gasteiger partial charge in [-0.2, -0.15) is 0 Å². The first-order valence-electron chi connectivity index (χ1n) is 9.10. The van der Waals surface area contributed by atoms with Crippen molar-refractivity contribution in [2.75, 3.05) is 42.3 Å². The molecule has 0 amide bonds. The molecule has 0 aromatic heterocycles. The molecule has 1 unspecified atom stereocenters. The van der Waals surface area contributed by atoms with E-state index >= 15 is 0 Å². The fourth-order valence-corrected chi connectivity index (χ4v) is 1.50. The van der Waals surface area contributed by atoms with E-state index in [1.165, 1.54) is 93.7 Å². The minimum Gasteiger partial charge on any atom is -0.333 e. The molecule has 0 aliphatic heterocycles. The minimum atomic E-state index is 0.724. The average molecular weight is 356 g/mol. The van der Waals surface area contributed by atoms with Crippen LogP contribution in [0, 0.1) is 12.8 Å². The van der Waals surface area contributed by atoms with Gasteiger partial charge in [-0.3, -0.25) is 0 Å². The van der Waals surface area contributed by atoms with Crippen LogP contribution in [0.25, 0.3) is 0 Å². The van der Waals surface area contributed by atoms with E-state index in [4.69, 9.17) is 0 Å². The molecule has 6 nitrogen and oxygen atoms in total. The fraction of sp³-hybridized carbons (Fsp3) is 0.944. The zero-order valence-corrected chi connectivity index (χ0v) is 18.4. The van der Waals surface area contributed by atoms with Gasteiger partial charge in [0.05, 0.1) is 0 Å². The van der Waals surface area contributed by atoms with Crippen LogP contribution in [0.2, 0.25) is 0 Å². The maximum atomic E-state index is 4.50. The number of hydrogen-bond acceptors (Lipinski definition) is 6. The molecule has 6 heteroatoms. The van der Waals surface area contributed by atoms with Crippen molar-refractivity contribution in [1.29, 1.82) is 0 Å². The van der Waals surface area contributed by atoms with Crippen molar-refractivity contribution >= 4 is 0 Å². The Bertz CT molecular complexity index is 95.6. The highest BCUT2D eigenvalue weighted by molar-refractivity contribution is 4.61. The molecule has 12 N–H and O–H groups in total. The molecule has 0 saturated carbocycles. The van der Waals surface area contributed by atoms with Gasteiger partial charge in [0.1, 0.15) is 0 Å². The molecule has 0 aromatic carbocycles. The van der Waals surface area contributed by atoms with Crippen molar-refractivity contribution in [2.45, 2.75) is 65.2 Å². The molecule has 0 bridgehead atoms. The number of nitrogens with two attached hydrogens (primary N) is 6. The monoisotopic (exact) mass is 355 g/mol. The number of unbranched alkanes of at least 4 members (excludes halogenated alkanes) is 4. The lowest BCUT2D eigenvalue weighted by Gasteiger charge is -2.09. The Kier molecular flexibility index (Phi) is 170. The van der Waals surface area contributed by atoms with E-state index in [-0.39, 0.29) is 0 Å². The molecule has 0 heterocycles. The van der Waals surface area contributed by atoms with Gasteiger partial charge in [-0.1, -0.05) is 72.1 Å². The predicted molar refractivity (Wildman–Crippen MR) is 118 cm³/mol. The molecule has 0 fully saturated rings. The summed E-state index contributed by atoms with van der Waals surface area (Å²) in [5.74, 6) is 0.724. The van der Waals surface area contributed by atoms with Crippen LogP contribution >= 0.6 is 0 Å². The van der Waals surface area contributed by atoms with Gasteiger partial charge in [0.15, 0.2) is 0 Å². The molecule has 0 aliphatic rings. The van der Waals surface area contributed by atoms with Gasteiger partial charge >= 0.3 is 0 Å². The van der Waals surface area contributed by atoms with Gasteiger partial charge < -0.3 is 34.4 Å². The second kappa shape index (κ2) is 93.1. The average Bonchev–Trinajstić information content (AvgIpc) is 2.73. The summed E-state index contributed by atoms with van der Waals surface area (Å²) in [4.78, 5) is 0. The van der Waals surface area contributed by atoms with Crippen LogP contribution in [-0.4, -0.2) is 42.3 Å². The van der Waals surface area contributed by atoms with Crippen LogP contribution in [0.15, 0.2) is 0 Å². The van der Waals surface area contributed by atoms with Gasteiger partial charge in [-0.15, -0.1) is 0 Å². The quantitative estimate of drug-likeness (QED) is 0.366. The minimum absolute atomic E-state index is 0.724. The molecule has 0 aromatic rings. The van der Waals surface area contributed by atoms with Crippen molar-refractivity contribution in [3.63, 3.8) is 0 Å². The zero-order chi connectivity index (χ0) is 21.2. The Morgan fingerprint density at radius 3 is 1.08 bits per heavy atom. The largest absolute Gasteiger partial charge is 0.333 e. The number of rotatable bonds is 8. The molecule has 0 spiro atoms. The third-order valence-corrected chi connectivity index (χ3v) is 2.43. The summed E-state index contributed by atoms with van der Waals surface area (Å²) in [7, 11) is 9.00. The van der Waals surface area contributed by atoms with Gasteiger partial charge in [0, 0.05) is 0 Å². The smallest absolute Gasteiger partial charge is 0.0195 e. The van der Waals surface area contributed by atoms with Crippen LogP contribution in [-0.2, 0) is 0 Å². The van der Waals surface area contributed by atoms with Crippen molar-refractivity contribution < 1.29 is 0 Å². The summed E-state index contributed by atoms with van der Waals surface area (Å²) in [6, 6.07) is 0. The molecule has 0 aliphatic carbocycles. The fourth-order valence-electron chi connectivity index (χ4n) is 1.50. The van der Waals surface area contributed by atoms with E-state index in [0.717, 1.165) is 5.92 Å². The molecular weight excluding hydrogens is 300 g/mol. The Balaban J connectivity index is -0.0000000404. The van der Waals surface area contributed by atoms with Crippen LogP contribution in [0.3, 0.4) is 0 Å². The third kappa shape index (κ3) is 98.4. The molecule has 157 valence electrons. The molecule has 1 radical (unpaired) electrons. The third-order valence-electron chi connectivity index (χ3n) is 2.43. The highest BCUT2D eigenvalue weighted by atomic mass is 14.4. The van der Waals surface area contributed by atoms with Crippen LogP contribution in [0.1, 0.15) is 65.2 Å². The second-order valence-corrected chi connectivity index (χ2v) is 3.86. The van der Waals surface area contributed by atoms with E-state index in [9.17, 15) is 0 Å². The summed E-state index contributed by atoms with van der Waals surface area (Å²) in [6.07, 6.45) is 10.9. The predicted octanol–water partition coefficient (Wildman–Crippen LogP) is 2.05. The van der Waals surface area contributed by atoms with Crippen molar-refractivity contribution in [2.24, 2.45) is 40.3 Å². The summed E-state index contributed by atoms with van der Waals surface area (Å²) >= 11 is 0. The lowest BCUT2D eigenvalue weighted by atomic mass is 9.97. The second-order valence-electron chi connectivity index (χ2n) is 3.86. The van der Waals surface area contributed by atoms with E-state index in [1.807, 2.05) is 0 Å². The van der Waals surface area contributed by atoms with E-state index < -0.39 is 0 Å². The first kappa shape index (κ1) is 43.8. The first-order chi connectivity index (χ1) is 11.8. The lowest BCUT2D eigenvalue weighted by Crippen LogP contribution is -1.94. The van der Waals surface area contributed by atoms with Crippen LogP contribution < -0.4 is 34.4 Å². The van der Waals surface area contributed by atoms with E-state index in [1.54, 1.807) is 0 Å². The summed E-state index contributed by atoms with van der Waals surface area (Å²) < 4.78 is 0. The Morgan fingerprint density at radius 1 is 0.500 bits per heavy atom. The Labute approximate surface area is 155 Å². The van der Waals surface area contributed by atoms with Crippen LogP contribution in [0.4, 0.5) is 0 Å². The Morgan fingerprint density at radius 2 is 0.792 bits per heavy atom. The lowest BCUT2D eigenvalue weighted by molar-refractivity contribution is 0.481. The van der Waals surface area contributed by atoms with Gasteiger partial charge in [0.2, 0.25) is 0 Å².